The minimum Gasteiger partial charge on any atom is -0.480 e. The molecular weight excluding hydrogens is 232 g/mol. The van der Waals surface area contributed by atoms with Crippen LogP contribution < -0.4 is 11.1 Å². The van der Waals surface area contributed by atoms with Gasteiger partial charge in [-0.2, -0.15) is 0 Å². The second-order valence-electron chi connectivity index (χ2n) is 4.34. The molecule has 0 aliphatic rings. The Morgan fingerprint density at radius 2 is 1.56 bits per heavy atom. The van der Waals surface area contributed by atoms with Crippen molar-refractivity contribution in [1.82, 2.24) is 5.32 Å². The van der Waals surface area contributed by atoms with Gasteiger partial charge in [-0.15, -0.1) is 12.4 Å². The number of aliphatic carboxylic acids is 1. The smallest absolute Gasteiger partial charge is 0.326 e. The van der Waals surface area contributed by atoms with Crippen molar-refractivity contribution >= 4 is 24.3 Å². The molecule has 1 amide bonds. The maximum atomic E-state index is 11.5. The third-order valence-corrected chi connectivity index (χ3v) is 2.25. The van der Waals surface area contributed by atoms with Crippen LogP contribution >= 0.6 is 12.4 Å². The molecule has 0 rings (SSSR count). The second kappa shape index (κ2) is 7.46. The van der Waals surface area contributed by atoms with Crippen molar-refractivity contribution in [2.24, 2.45) is 17.6 Å². The van der Waals surface area contributed by atoms with E-state index >= 15 is 0 Å². The highest BCUT2D eigenvalue weighted by Gasteiger charge is 2.26. The summed E-state index contributed by atoms with van der Waals surface area (Å²) in [7, 11) is 0. The Hall–Kier alpha value is -0.810. The van der Waals surface area contributed by atoms with E-state index in [1.165, 1.54) is 0 Å². The largest absolute Gasteiger partial charge is 0.480 e. The lowest BCUT2D eigenvalue weighted by Gasteiger charge is -2.21. The molecule has 0 unspecified atom stereocenters. The predicted octanol–water partition coefficient (Wildman–Crippen LogP) is 0.617. The van der Waals surface area contributed by atoms with E-state index in [2.05, 4.69) is 5.32 Å². The monoisotopic (exact) mass is 252 g/mol. The number of nitrogens with two attached hydrogens (primary N) is 1. The molecule has 4 N–H and O–H groups in total. The van der Waals surface area contributed by atoms with Crippen LogP contribution in [-0.4, -0.2) is 29.1 Å². The molecule has 2 atom stereocenters. The third-order valence-electron chi connectivity index (χ3n) is 2.25. The summed E-state index contributed by atoms with van der Waals surface area (Å²) in [4.78, 5) is 22.3. The molecule has 0 saturated heterocycles. The Morgan fingerprint density at radius 1 is 1.12 bits per heavy atom. The van der Waals surface area contributed by atoms with Crippen LogP contribution in [0.4, 0.5) is 0 Å². The van der Waals surface area contributed by atoms with Crippen molar-refractivity contribution in [2.75, 3.05) is 0 Å². The molecule has 0 aliphatic heterocycles. The number of hydrogen-bond acceptors (Lipinski definition) is 3. The molecule has 6 heteroatoms. The van der Waals surface area contributed by atoms with E-state index in [1.807, 2.05) is 13.8 Å². The van der Waals surface area contributed by atoms with E-state index in [0.717, 1.165) is 0 Å². The highest BCUT2D eigenvalue weighted by Crippen LogP contribution is 2.04. The standard InChI is InChI=1S/C10H20N2O3.ClH/c1-5(2)7(11)9(13)12-8(6(3)4)10(14)15;/h5-8H,11H2,1-4H3,(H,12,13)(H,14,15);1H/t7-,8-;/m0./s1. The van der Waals surface area contributed by atoms with Crippen LogP contribution in [0.3, 0.4) is 0 Å². The Labute approximate surface area is 102 Å². The number of carboxylic acid groups (broad SMARTS) is 1. The first-order chi connectivity index (χ1) is 6.77. The van der Waals surface area contributed by atoms with Crippen LogP contribution in [0.2, 0.25) is 0 Å². The summed E-state index contributed by atoms with van der Waals surface area (Å²) in [5.74, 6) is -1.61. The van der Waals surface area contributed by atoms with Gasteiger partial charge in [-0.3, -0.25) is 4.79 Å². The molecular formula is C10H21ClN2O3. The summed E-state index contributed by atoms with van der Waals surface area (Å²) in [5.41, 5.74) is 5.60. The molecule has 0 aromatic heterocycles. The lowest BCUT2D eigenvalue weighted by Crippen LogP contribution is -2.52. The van der Waals surface area contributed by atoms with Gasteiger partial charge in [-0.1, -0.05) is 27.7 Å². The van der Waals surface area contributed by atoms with Crippen molar-refractivity contribution < 1.29 is 14.7 Å². The first-order valence-corrected chi connectivity index (χ1v) is 5.06. The van der Waals surface area contributed by atoms with Crippen molar-refractivity contribution in [3.8, 4) is 0 Å². The van der Waals surface area contributed by atoms with Crippen LogP contribution in [0.25, 0.3) is 0 Å². The molecule has 0 aromatic rings. The zero-order valence-corrected chi connectivity index (χ0v) is 10.9. The van der Waals surface area contributed by atoms with Crippen LogP contribution in [0.5, 0.6) is 0 Å². The van der Waals surface area contributed by atoms with E-state index in [9.17, 15) is 9.59 Å². The highest BCUT2D eigenvalue weighted by molar-refractivity contribution is 5.87. The molecule has 5 nitrogen and oxygen atoms in total. The van der Waals surface area contributed by atoms with Crippen molar-refractivity contribution in [3.63, 3.8) is 0 Å². The third kappa shape index (κ3) is 5.32. The SMILES string of the molecule is CC(C)[C@H](N)C(=O)N[C@H](C(=O)O)C(C)C.Cl. The molecule has 16 heavy (non-hydrogen) atoms. The molecule has 0 spiro atoms. The van der Waals surface area contributed by atoms with Crippen LogP contribution in [0.15, 0.2) is 0 Å². The van der Waals surface area contributed by atoms with Gasteiger partial charge >= 0.3 is 5.97 Å². The first kappa shape index (κ1) is 17.6. The lowest BCUT2D eigenvalue weighted by atomic mass is 10.0. The van der Waals surface area contributed by atoms with Crippen molar-refractivity contribution in [3.05, 3.63) is 0 Å². The number of halogens is 1. The average Bonchev–Trinajstić information content (AvgIpc) is 2.11. The predicted molar refractivity (Wildman–Crippen MR) is 64.5 cm³/mol. The second-order valence-corrected chi connectivity index (χ2v) is 4.34. The molecule has 0 bridgehead atoms. The van der Waals surface area contributed by atoms with Gasteiger partial charge in [0.15, 0.2) is 0 Å². The van der Waals surface area contributed by atoms with E-state index < -0.39 is 24.0 Å². The fourth-order valence-electron chi connectivity index (χ4n) is 1.07. The Morgan fingerprint density at radius 3 is 1.81 bits per heavy atom. The zero-order valence-electron chi connectivity index (χ0n) is 10.1. The maximum absolute atomic E-state index is 11.5. The first-order valence-electron chi connectivity index (χ1n) is 5.06. The Kier molecular flexibility index (Phi) is 8.20. The number of nitrogens with one attached hydrogen (secondary N) is 1. The summed E-state index contributed by atoms with van der Waals surface area (Å²) in [6.45, 7) is 7.10. The summed E-state index contributed by atoms with van der Waals surface area (Å²) < 4.78 is 0. The van der Waals surface area contributed by atoms with Gasteiger partial charge < -0.3 is 16.2 Å². The number of rotatable bonds is 5. The topological polar surface area (TPSA) is 92.4 Å². The molecule has 0 saturated carbocycles. The summed E-state index contributed by atoms with van der Waals surface area (Å²) in [6.07, 6.45) is 0. The molecule has 96 valence electrons. The van der Waals surface area contributed by atoms with Gasteiger partial charge in [-0.25, -0.2) is 4.79 Å². The van der Waals surface area contributed by atoms with Gasteiger partial charge in [0.1, 0.15) is 6.04 Å². The Balaban J connectivity index is 0. The van der Waals surface area contributed by atoms with Gasteiger partial charge in [0, 0.05) is 0 Å². The zero-order chi connectivity index (χ0) is 12.2. The minimum atomic E-state index is -1.03. The van der Waals surface area contributed by atoms with Gasteiger partial charge in [0.25, 0.3) is 0 Å². The van der Waals surface area contributed by atoms with Crippen molar-refractivity contribution in [1.29, 1.82) is 0 Å². The average molecular weight is 253 g/mol. The highest BCUT2D eigenvalue weighted by atomic mass is 35.5. The van der Waals surface area contributed by atoms with E-state index in [1.54, 1.807) is 13.8 Å². The summed E-state index contributed by atoms with van der Waals surface area (Å²) in [5, 5.41) is 11.3. The van der Waals surface area contributed by atoms with E-state index in [4.69, 9.17) is 10.8 Å². The quantitative estimate of drug-likeness (QED) is 0.669. The van der Waals surface area contributed by atoms with Crippen molar-refractivity contribution in [2.45, 2.75) is 39.8 Å². The fourth-order valence-corrected chi connectivity index (χ4v) is 1.07. The van der Waals surface area contributed by atoms with Gasteiger partial charge in [0.05, 0.1) is 6.04 Å². The molecule has 0 aromatic carbocycles. The van der Waals surface area contributed by atoms with Gasteiger partial charge in [-0.05, 0) is 11.8 Å². The van der Waals surface area contributed by atoms with E-state index in [-0.39, 0.29) is 24.2 Å². The number of carbonyl (C=O) groups excluding carboxylic acids is 1. The number of amides is 1. The molecule has 0 radical (unpaired) electrons. The number of carbonyl (C=O) groups is 2. The summed E-state index contributed by atoms with van der Waals surface area (Å²) in [6, 6.07) is -1.53. The molecule has 0 fully saturated rings. The van der Waals surface area contributed by atoms with Gasteiger partial charge in [0.2, 0.25) is 5.91 Å². The van der Waals surface area contributed by atoms with Crippen LogP contribution in [0.1, 0.15) is 27.7 Å². The Bertz CT molecular complexity index is 244. The lowest BCUT2D eigenvalue weighted by molar-refractivity contribution is -0.143. The normalized spacial score (nSPS) is 14.2. The maximum Gasteiger partial charge on any atom is 0.326 e. The number of carboxylic acids is 1. The van der Waals surface area contributed by atoms with Crippen LogP contribution in [-0.2, 0) is 9.59 Å². The summed E-state index contributed by atoms with van der Waals surface area (Å²) >= 11 is 0. The minimum absolute atomic E-state index is 0. The van der Waals surface area contributed by atoms with Crippen LogP contribution in [0, 0.1) is 11.8 Å². The number of hydrogen-bond donors (Lipinski definition) is 3. The fraction of sp³-hybridized carbons (Fsp3) is 0.800. The molecule has 0 heterocycles. The van der Waals surface area contributed by atoms with E-state index in [0.29, 0.717) is 0 Å². The molecule has 0 aliphatic carbocycles.